The first kappa shape index (κ1) is 18.4. The molecule has 0 fully saturated rings. The highest BCUT2D eigenvalue weighted by molar-refractivity contribution is 6.13. The zero-order valence-corrected chi connectivity index (χ0v) is 16.5. The smallest absolute Gasteiger partial charge is 0.259 e. The SMILES string of the molecule is N=C1CC=C(C2(c3ccc(O)cc3)c3ccccc3C(=O)N2c2ccccc2)CC1. The fourth-order valence-corrected chi connectivity index (χ4v) is 4.82. The summed E-state index contributed by atoms with van der Waals surface area (Å²) < 4.78 is 0. The van der Waals surface area contributed by atoms with Crippen LogP contribution in [0.2, 0.25) is 0 Å². The van der Waals surface area contributed by atoms with Crippen molar-refractivity contribution in [2.24, 2.45) is 0 Å². The van der Waals surface area contributed by atoms with Crippen LogP contribution in [-0.4, -0.2) is 16.7 Å². The van der Waals surface area contributed by atoms with E-state index in [4.69, 9.17) is 5.41 Å². The van der Waals surface area contributed by atoms with Gasteiger partial charge in [-0.15, -0.1) is 0 Å². The standard InChI is InChI=1S/C26H22N2O2/c27-20-14-10-18(11-15-20)26(19-12-16-22(29)17-13-19)24-9-5-4-8-23(24)25(30)28(26)21-6-2-1-3-7-21/h1-10,12-13,16-17,27,29H,11,14-15H2. The van der Waals surface area contributed by atoms with Gasteiger partial charge in [0.15, 0.2) is 0 Å². The predicted molar refractivity (Wildman–Crippen MR) is 118 cm³/mol. The van der Waals surface area contributed by atoms with E-state index in [0.717, 1.165) is 22.4 Å². The Kier molecular flexibility index (Phi) is 4.28. The molecular weight excluding hydrogens is 372 g/mol. The molecule has 5 rings (SSSR count). The van der Waals surface area contributed by atoms with Crippen molar-refractivity contribution >= 4 is 17.3 Å². The Balaban J connectivity index is 1.87. The minimum atomic E-state index is -0.802. The fraction of sp³-hybridized carbons (Fsp3) is 0.154. The second-order valence-electron chi connectivity index (χ2n) is 7.82. The van der Waals surface area contributed by atoms with Crippen LogP contribution in [0.5, 0.6) is 5.75 Å². The van der Waals surface area contributed by atoms with Gasteiger partial charge < -0.3 is 10.5 Å². The number of allylic oxidation sites excluding steroid dienone is 1. The average Bonchev–Trinajstić information content (AvgIpc) is 3.05. The summed E-state index contributed by atoms with van der Waals surface area (Å²) in [6, 6.07) is 24.7. The largest absolute Gasteiger partial charge is 0.508 e. The van der Waals surface area contributed by atoms with E-state index in [1.807, 2.05) is 71.6 Å². The number of amides is 1. The number of hydrogen-bond donors (Lipinski definition) is 2. The first-order valence-electron chi connectivity index (χ1n) is 10.2. The molecule has 0 bridgehead atoms. The molecule has 148 valence electrons. The highest BCUT2D eigenvalue weighted by Crippen LogP contribution is 2.53. The maximum absolute atomic E-state index is 13.8. The van der Waals surface area contributed by atoms with Crippen LogP contribution in [-0.2, 0) is 5.54 Å². The number of nitrogens with zero attached hydrogens (tertiary/aromatic N) is 1. The molecule has 3 aromatic rings. The highest BCUT2D eigenvalue weighted by Gasteiger charge is 2.53. The molecule has 1 amide bonds. The highest BCUT2D eigenvalue weighted by atomic mass is 16.3. The molecule has 1 heterocycles. The molecule has 0 saturated heterocycles. The van der Waals surface area contributed by atoms with Crippen molar-refractivity contribution in [2.75, 3.05) is 4.90 Å². The molecule has 0 spiro atoms. The van der Waals surface area contributed by atoms with E-state index >= 15 is 0 Å². The number of aromatic hydroxyl groups is 1. The molecule has 4 heteroatoms. The third-order valence-corrected chi connectivity index (χ3v) is 6.14. The van der Waals surface area contributed by atoms with Crippen LogP contribution in [0.15, 0.2) is 90.5 Å². The lowest BCUT2D eigenvalue weighted by Gasteiger charge is -2.43. The number of phenols is 1. The van der Waals surface area contributed by atoms with Gasteiger partial charge in [0, 0.05) is 23.4 Å². The van der Waals surface area contributed by atoms with Crippen molar-refractivity contribution in [1.82, 2.24) is 0 Å². The monoisotopic (exact) mass is 394 g/mol. The molecule has 4 nitrogen and oxygen atoms in total. The van der Waals surface area contributed by atoms with E-state index < -0.39 is 5.54 Å². The number of fused-ring (bicyclic) bond motifs is 1. The number of phenolic OH excluding ortho intramolecular Hbond substituents is 1. The number of hydrogen-bond acceptors (Lipinski definition) is 3. The summed E-state index contributed by atoms with van der Waals surface area (Å²) in [4.78, 5) is 15.7. The molecule has 0 saturated carbocycles. The lowest BCUT2D eigenvalue weighted by Crippen LogP contribution is -2.47. The zero-order valence-electron chi connectivity index (χ0n) is 16.5. The molecule has 1 aliphatic carbocycles. The Labute approximate surface area is 175 Å². The van der Waals surface area contributed by atoms with Gasteiger partial charge in [-0.1, -0.05) is 54.6 Å². The lowest BCUT2D eigenvalue weighted by atomic mass is 9.72. The summed E-state index contributed by atoms with van der Waals surface area (Å²) in [7, 11) is 0. The van der Waals surface area contributed by atoms with Gasteiger partial charge in [0.25, 0.3) is 5.91 Å². The topological polar surface area (TPSA) is 64.4 Å². The normalized spacial score (nSPS) is 20.8. The molecule has 0 aromatic heterocycles. The Bertz CT molecular complexity index is 1170. The third kappa shape index (κ3) is 2.61. The third-order valence-electron chi connectivity index (χ3n) is 6.14. The lowest BCUT2D eigenvalue weighted by molar-refractivity contribution is 0.0986. The second kappa shape index (κ2) is 6.99. The minimum absolute atomic E-state index is 0.0357. The first-order chi connectivity index (χ1) is 14.6. The minimum Gasteiger partial charge on any atom is -0.508 e. The molecule has 1 aliphatic heterocycles. The van der Waals surface area contributed by atoms with Crippen LogP contribution in [0.3, 0.4) is 0 Å². The van der Waals surface area contributed by atoms with Crippen LogP contribution < -0.4 is 4.90 Å². The maximum atomic E-state index is 13.8. The summed E-state index contributed by atoms with van der Waals surface area (Å²) in [5.74, 6) is 0.156. The van der Waals surface area contributed by atoms with Crippen LogP contribution in [0, 0.1) is 5.41 Å². The summed E-state index contributed by atoms with van der Waals surface area (Å²) >= 11 is 0. The van der Waals surface area contributed by atoms with E-state index in [9.17, 15) is 9.90 Å². The average molecular weight is 394 g/mol. The number of carbonyl (C=O) groups excluding carboxylic acids is 1. The fourth-order valence-electron chi connectivity index (χ4n) is 4.82. The van der Waals surface area contributed by atoms with Crippen LogP contribution in [0.1, 0.15) is 40.7 Å². The van der Waals surface area contributed by atoms with E-state index in [1.54, 1.807) is 12.1 Å². The molecule has 30 heavy (non-hydrogen) atoms. The molecule has 1 atom stereocenters. The number of benzene rings is 3. The van der Waals surface area contributed by atoms with Crippen molar-refractivity contribution in [3.05, 3.63) is 107 Å². The molecule has 2 aliphatic rings. The van der Waals surface area contributed by atoms with Gasteiger partial charge in [0.2, 0.25) is 0 Å². The van der Waals surface area contributed by atoms with Crippen LogP contribution >= 0.6 is 0 Å². The summed E-state index contributed by atoms with van der Waals surface area (Å²) in [6.45, 7) is 0. The number of carbonyl (C=O) groups is 1. The van der Waals surface area contributed by atoms with Crippen molar-refractivity contribution in [2.45, 2.75) is 24.8 Å². The van der Waals surface area contributed by atoms with Crippen molar-refractivity contribution in [3.8, 4) is 5.75 Å². The van der Waals surface area contributed by atoms with E-state index in [2.05, 4.69) is 6.08 Å². The predicted octanol–water partition coefficient (Wildman–Crippen LogP) is 5.43. The van der Waals surface area contributed by atoms with Gasteiger partial charge in [-0.05, 0) is 59.9 Å². The first-order valence-corrected chi connectivity index (χ1v) is 10.2. The van der Waals surface area contributed by atoms with Gasteiger partial charge in [-0.25, -0.2) is 0 Å². The Morgan fingerprint density at radius 2 is 1.57 bits per heavy atom. The van der Waals surface area contributed by atoms with E-state index in [1.165, 1.54) is 0 Å². The van der Waals surface area contributed by atoms with Crippen molar-refractivity contribution < 1.29 is 9.90 Å². The van der Waals surface area contributed by atoms with Crippen LogP contribution in [0.4, 0.5) is 5.69 Å². The van der Waals surface area contributed by atoms with E-state index in [-0.39, 0.29) is 11.7 Å². The molecule has 2 N–H and O–H groups in total. The van der Waals surface area contributed by atoms with Crippen molar-refractivity contribution in [3.63, 3.8) is 0 Å². The van der Waals surface area contributed by atoms with Gasteiger partial charge >= 0.3 is 0 Å². The summed E-state index contributed by atoms with van der Waals surface area (Å²) in [5.41, 5.74) is 4.43. The number of anilines is 1. The number of nitrogens with one attached hydrogen (secondary N) is 1. The molecule has 0 radical (unpaired) electrons. The Morgan fingerprint density at radius 3 is 2.27 bits per heavy atom. The Morgan fingerprint density at radius 1 is 0.867 bits per heavy atom. The van der Waals surface area contributed by atoms with Gasteiger partial charge in [0.1, 0.15) is 11.3 Å². The van der Waals surface area contributed by atoms with Gasteiger partial charge in [-0.3, -0.25) is 9.69 Å². The maximum Gasteiger partial charge on any atom is 0.259 e. The zero-order chi connectivity index (χ0) is 20.7. The second-order valence-corrected chi connectivity index (χ2v) is 7.82. The Hall–Kier alpha value is -3.66. The molecular formula is C26H22N2O2. The number of rotatable bonds is 3. The summed E-state index contributed by atoms with van der Waals surface area (Å²) in [5, 5.41) is 18.0. The summed E-state index contributed by atoms with van der Waals surface area (Å²) in [6.07, 6.45) is 4.10. The molecule has 3 aromatic carbocycles. The van der Waals surface area contributed by atoms with E-state index in [0.29, 0.717) is 30.5 Å². The van der Waals surface area contributed by atoms with Gasteiger partial charge in [-0.2, -0.15) is 0 Å². The van der Waals surface area contributed by atoms with Crippen LogP contribution in [0.25, 0.3) is 0 Å². The van der Waals surface area contributed by atoms with Crippen molar-refractivity contribution in [1.29, 1.82) is 5.41 Å². The van der Waals surface area contributed by atoms with Gasteiger partial charge in [0.05, 0.1) is 0 Å². The molecule has 1 unspecified atom stereocenters. The quantitative estimate of drug-likeness (QED) is 0.582. The number of para-hydroxylation sites is 1.